The van der Waals surface area contributed by atoms with Gasteiger partial charge in [-0.15, -0.1) is 0 Å². The smallest absolute Gasteiger partial charge is 0.230 e. The first-order valence-electron chi connectivity index (χ1n) is 9.17. The van der Waals surface area contributed by atoms with Crippen LogP contribution in [0.15, 0.2) is 18.2 Å². The Morgan fingerprint density at radius 2 is 1.72 bits per heavy atom. The van der Waals surface area contributed by atoms with Gasteiger partial charge in [0.2, 0.25) is 5.91 Å². The number of carbonyl (C=O) groups is 1. The lowest BCUT2D eigenvalue weighted by Crippen LogP contribution is -2.63. The summed E-state index contributed by atoms with van der Waals surface area (Å²) in [5, 5.41) is 13.7. The minimum Gasteiger partial charge on any atom is -0.390 e. The highest BCUT2D eigenvalue weighted by Gasteiger charge is 2.55. The zero-order valence-electron chi connectivity index (χ0n) is 14.7. The molecule has 5 heteroatoms. The third-order valence-corrected chi connectivity index (χ3v) is 6.69. The molecule has 2 N–H and O–H groups in total. The van der Waals surface area contributed by atoms with E-state index in [1.165, 1.54) is 18.2 Å². The van der Waals surface area contributed by atoms with Gasteiger partial charge in [-0.2, -0.15) is 0 Å². The van der Waals surface area contributed by atoms with E-state index in [1.807, 2.05) is 0 Å². The number of aliphatic hydroxyl groups is 1. The summed E-state index contributed by atoms with van der Waals surface area (Å²) in [5.41, 5.74) is -2.04. The second kappa shape index (κ2) is 5.50. The van der Waals surface area contributed by atoms with Crippen LogP contribution in [-0.2, 0) is 10.2 Å². The molecule has 0 aromatic heterocycles. The number of benzene rings is 1. The van der Waals surface area contributed by atoms with Crippen molar-refractivity contribution in [3.8, 4) is 0 Å². The third kappa shape index (κ3) is 2.67. The van der Waals surface area contributed by atoms with Gasteiger partial charge in [0.1, 0.15) is 11.6 Å². The number of hydrogen-bond donors (Lipinski definition) is 2. The predicted molar refractivity (Wildman–Crippen MR) is 89.8 cm³/mol. The van der Waals surface area contributed by atoms with Crippen LogP contribution in [0.2, 0.25) is 0 Å². The van der Waals surface area contributed by atoms with Gasteiger partial charge in [-0.25, -0.2) is 8.78 Å². The molecule has 1 amide bonds. The van der Waals surface area contributed by atoms with E-state index in [0.29, 0.717) is 5.92 Å². The number of hydrogen-bond acceptors (Lipinski definition) is 2. The van der Waals surface area contributed by atoms with E-state index in [9.17, 15) is 18.7 Å². The molecular formula is C20H25F2NO2. The molecule has 0 heterocycles. The first-order valence-corrected chi connectivity index (χ1v) is 9.17. The SMILES string of the molecule is CC(C)(C(=O)NC1C2CC3CC1CC(O)(C3)C2)c1c(F)cccc1F. The number of nitrogens with one attached hydrogen (secondary N) is 1. The van der Waals surface area contributed by atoms with Crippen LogP contribution >= 0.6 is 0 Å². The summed E-state index contributed by atoms with van der Waals surface area (Å²) in [5.74, 6) is -0.657. The lowest BCUT2D eigenvalue weighted by Gasteiger charge is -2.58. The molecule has 4 fully saturated rings. The van der Waals surface area contributed by atoms with Crippen LogP contribution in [0.4, 0.5) is 8.78 Å². The molecule has 4 aliphatic carbocycles. The topological polar surface area (TPSA) is 49.3 Å². The van der Waals surface area contributed by atoms with Crippen molar-refractivity contribution >= 4 is 5.91 Å². The van der Waals surface area contributed by atoms with Gasteiger partial charge < -0.3 is 10.4 Å². The van der Waals surface area contributed by atoms with Crippen LogP contribution in [0.1, 0.15) is 51.5 Å². The highest BCUT2D eigenvalue weighted by atomic mass is 19.1. The van der Waals surface area contributed by atoms with Crippen molar-refractivity contribution in [3.63, 3.8) is 0 Å². The maximum Gasteiger partial charge on any atom is 0.230 e. The minimum absolute atomic E-state index is 0.00145. The molecule has 1 aromatic rings. The molecule has 0 radical (unpaired) electrons. The molecule has 136 valence electrons. The minimum atomic E-state index is -1.29. The average Bonchev–Trinajstić information content (AvgIpc) is 2.48. The molecule has 1 aromatic carbocycles. The molecule has 3 nitrogen and oxygen atoms in total. The lowest BCUT2D eigenvalue weighted by molar-refractivity contribution is -0.148. The Balaban J connectivity index is 1.56. The average molecular weight is 349 g/mol. The van der Waals surface area contributed by atoms with Gasteiger partial charge in [0.25, 0.3) is 0 Å². The normalized spacial score (nSPS) is 36.5. The van der Waals surface area contributed by atoms with Crippen molar-refractivity contribution in [2.75, 3.05) is 0 Å². The number of amides is 1. The summed E-state index contributed by atoms with van der Waals surface area (Å²) < 4.78 is 28.3. The largest absolute Gasteiger partial charge is 0.390 e. The summed E-state index contributed by atoms with van der Waals surface area (Å²) >= 11 is 0. The summed E-state index contributed by atoms with van der Waals surface area (Å²) in [6, 6.07) is 3.68. The fraction of sp³-hybridized carbons (Fsp3) is 0.650. The van der Waals surface area contributed by atoms with Gasteiger partial charge in [-0.1, -0.05) is 6.07 Å². The van der Waals surface area contributed by atoms with E-state index in [4.69, 9.17) is 0 Å². The molecule has 2 unspecified atom stereocenters. The molecule has 0 spiro atoms. The zero-order valence-corrected chi connectivity index (χ0v) is 14.7. The Kier molecular flexibility index (Phi) is 3.73. The van der Waals surface area contributed by atoms with Crippen molar-refractivity contribution < 1.29 is 18.7 Å². The quantitative estimate of drug-likeness (QED) is 0.880. The Morgan fingerprint density at radius 3 is 2.24 bits per heavy atom. The van der Waals surface area contributed by atoms with Crippen molar-refractivity contribution in [1.29, 1.82) is 0 Å². The molecule has 4 aliphatic rings. The first kappa shape index (κ1) is 17.0. The zero-order chi connectivity index (χ0) is 18.0. The Bertz CT molecular complexity index is 681. The van der Waals surface area contributed by atoms with Gasteiger partial charge in [0.05, 0.1) is 11.0 Å². The van der Waals surface area contributed by atoms with Gasteiger partial charge in [-0.3, -0.25) is 4.79 Å². The van der Waals surface area contributed by atoms with Gasteiger partial charge >= 0.3 is 0 Å². The Hall–Kier alpha value is -1.49. The summed E-state index contributed by atoms with van der Waals surface area (Å²) in [4.78, 5) is 12.9. The van der Waals surface area contributed by atoms with Gasteiger partial charge in [-0.05, 0) is 75.8 Å². The molecule has 0 saturated heterocycles. The fourth-order valence-electron chi connectivity index (χ4n) is 5.76. The molecule has 0 aliphatic heterocycles. The van der Waals surface area contributed by atoms with E-state index < -0.39 is 22.7 Å². The Labute approximate surface area is 146 Å². The third-order valence-electron chi connectivity index (χ3n) is 6.69. The molecule has 2 atom stereocenters. The van der Waals surface area contributed by atoms with Crippen molar-refractivity contribution in [1.82, 2.24) is 5.32 Å². The van der Waals surface area contributed by atoms with Crippen molar-refractivity contribution in [2.24, 2.45) is 17.8 Å². The molecule has 4 bridgehead atoms. The van der Waals surface area contributed by atoms with E-state index in [0.717, 1.165) is 32.1 Å². The van der Waals surface area contributed by atoms with Crippen LogP contribution in [-0.4, -0.2) is 22.7 Å². The van der Waals surface area contributed by atoms with Crippen LogP contribution in [0.25, 0.3) is 0 Å². The van der Waals surface area contributed by atoms with E-state index >= 15 is 0 Å². The van der Waals surface area contributed by atoms with Crippen LogP contribution in [0, 0.1) is 29.4 Å². The van der Waals surface area contributed by atoms with E-state index in [-0.39, 0.29) is 29.3 Å². The van der Waals surface area contributed by atoms with Crippen molar-refractivity contribution in [2.45, 2.75) is 63.0 Å². The van der Waals surface area contributed by atoms with Crippen LogP contribution in [0.5, 0.6) is 0 Å². The maximum atomic E-state index is 14.2. The monoisotopic (exact) mass is 349 g/mol. The van der Waals surface area contributed by atoms with Crippen molar-refractivity contribution in [3.05, 3.63) is 35.4 Å². The predicted octanol–water partition coefficient (Wildman–Crippen LogP) is 3.30. The number of carbonyl (C=O) groups excluding carboxylic acids is 1. The summed E-state index contributed by atoms with van der Waals surface area (Å²) in [6.45, 7) is 3.13. The molecule has 25 heavy (non-hydrogen) atoms. The summed E-state index contributed by atoms with van der Waals surface area (Å²) in [6.07, 6.45) is 4.38. The molecule has 5 rings (SSSR count). The van der Waals surface area contributed by atoms with E-state index in [1.54, 1.807) is 13.8 Å². The van der Waals surface area contributed by atoms with Gasteiger partial charge in [0, 0.05) is 11.6 Å². The molecule has 4 saturated carbocycles. The van der Waals surface area contributed by atoms with Crippen LogP contribution < -0.4 is 5.32 Å². The highest BCUT2D eigenvalue weighted by Crippen LogP contribution is 2.55. The maximum absolute atomic E-state index is 14.2. The fourth-order valence-corrected chi connectivity index (χ4v) is 5.76. The number of rotatable bonds is 3. The Morgan fingerprint density at radius 1 is 1.16 bits per heavy atom. The second-order valence-corrected chi connectivity index (χ2v) is 8.92. The van der Waals surface area contributed by atoms with E-state index in [2.05, 4.69) is 5.32 Å². The molecular weight excluding hydrogens is 324 g/mol. The van der Waals surface area contributed by atoms with Crippen LogP contribution in [0.3, 0.4) is 0 Å². The lowest BCUT2D eigenvalue weighted by atomic mass is 9.52. The van der Waals surface area contributed by atoms with Gasteiger partial charge in [0.15, 0.2) is 0 Å². The highest BCUT2D eigenvalue weighted by molar-refractivity contribution is 5.87. The summed E-state index contributed by atoms with van der Waals surface area (Å²) in [7, 11) is 0. The standard InChI is InChI=1S/C20H25F2NO2/c1-19(2,16-14(21)4-3-5-15(16)22)18(24)23-17-12-6-11-7-13(17)10-20(25,8-11)9-12/h3-5,11-13,17,25H,6-10H2,1-2H3,(H,23,24). The number of halogens is 2. The second-order valence-electron chi connectivity index (χ2n) is 8.92. The first-order chi connectivity index (χ1) is 11.7.